The molecule has 1 heterocycles. The Labute approximate surface area is 127 Å². The molecule has 118 valence electrons. The molecule has 1 aromatic carbocycles. The maximum Gasteiger partial charge on any atom is 0.279 e. The number of piperidine rings is 1. The number of ether oxygens (including phenoxy) is 1. The summed E-state index contributed by atoms with van der Waals surface area (Å²) in [4.78, 5) is 0. The Morgan fingerprint density at radius 2 is 2.05 bits per heavy atom. The van der Waals surface area contributed by atoms with E-state index in [0.29, 0.717) is 32.0 Å². The highest BCUT2D eigenvalue weighted by Gasteiger charge is 2.26. The van der Waals surface area contributed by atoms with Crippen molar-refractivity contribution in [3.63, 3.8) is 0 Å². The second kappa shape index (κ2) is 7.24. The van der Waals surface area contributed by atoms with Gasteiger partial charge in [0.1, 0.15) is 5.75 Å². The molecule has 1 N–H and O–H groups in total. The standard InChI is InChI=1S/C15H24N2O3S/c1-13-4-3-11-17(12-13)21(18,19)16-10-9-14-5-7-15(20-2)8-6-14/h5-8,13,16H,3-4,9-12H2,1-2H3/t13-/m1/s1. The summed E-state index contributed by atoms with van der Waals surface area (Å²) >= 11 is 0. The van der Waals surface area contributed by atoms with Gasteiger partial charge >= 0.3 is 0 Å². The molecule has 2 rings (SSSR count). The largest absolute Gasteiger partial charge is 0.497 e. The summed E-state index contributed by atoms with van der Waals surface area (Å²) in [6.07, 6.45) is 2.73. The lowest BCUT2D eigenvalue weighted by molar-refractivity contribution is 0.278. The predicted molar refractivity (Wildman–Crippen MR) is 83.6 cm³/mol. The molecule has 1 saturated heterocycles. The number of hydrogen-bond acceptors (Lipinski definition) is 3. The molecule has 21 heavy (non-hydrogen) atoms. The van der Waals surface area contributed by atoms with E-state index < -0.39 is 10.2 Å². The van der Waals surface area contributed by atoms with Gasteiger partial charge in [-0.1, -0.05) is 19.1 Å². The summed E-state index contributed by atoms with van der Waals surface area (Å²) in [5.74, 6) is 1.25. The zero-order valence-corrected chi connectivity index (χ0v) is 13.5. The summed E-state index contributed by atoms with van der Waals surface area (Å²) in [5.41, 5.74) is 1.09. The first-order valence-electron chi connectivity index (χ1n) is 7.39. The van der Waals surface area contributed by atoms with E-state index in [1.807, 2.05) is 24.3 Å². The third kappa shape index (κ3) is 4.69. The van der Waals surface area contributed by atoms with Crippen LogP contribution < -0.4 is 9.46 Å². The Bertz CT molecular complexity index is 543. The van der Waals surface area contributed by atoms with Gasteiger partial charge in [-0.25, -0.2) is 4.72 Å². The quantitative estimate of drug-likeness (QED) is 0.871. The molecule has 1 fully saturated rings. The molecule has 1 aromatic rings. The molecule has 1 aliphatic heterocycles. The van der Waals surface area contributed by atoms with E-state index >= 15 is 0 Å². The molecule has 0 saturated carbocycles. The van der Waals surface area contributed by atoms with Crippen LogP contribution in [-0.4, -0.2) is 39.5 Å². The molecule has 5 nitrogen and oxygen atoms in total. The molecule has 0 bridgehead atoms. The minimum atomic E-state index is -3.34. The van der Waals surface area contributed by atoms with E-state index in [4.69, 9.17) is 4.74 Å². The smallest absolute Gasteiger partial charge is 0.279 e. The molecule has 0 aliphatic carbocycles. The molecule has 0 aromatic heterocycles. The maximum atomic E-state index is 12.2. The lowest BCUT2D eigenvalue weighted by atomic mass is 10.0. The number of methoxy groups -OCH3 is 1. The van der Waals surface area contributed by atoms with Gasteiger partial charge in [0.2, 0.25) is 0 Å². The number of rotatable bonds is 6. The van der Waals surface area contributed by atoms with Crippen LogP contribution in [0.2, 0.25) is 0 Å². The van der Waals surface area contributed by atoms with Crippen LogP contribution in [-0.2, 0) is 16.6 Å². The van der Waals surface area contributed by atoms with Crippen molar-refractivity contribution in [1.82, 2.24) is 9.03 Å². The molecule has 1 aliphatic rings. The lowest BCUT2D eigenvalue weighted by Crippen LogP contribution is -2.46. The summed E-state index contributed by atoms with van der Waals surface area (Å²) in [6, 6.07) is 7.68. The van der Waals surface area contributed by atoms with Crippen molar-refractivity contribution >= 4 is 10.2 Å². The average molecular weight is 312 g/mol. The van der Waals surface area contributed by atoms with E-state index in [-0.39, 0.29) is 0 Å². The molecule has 0 unspecified atom stereocenters. The van der Waals surface area contributed by atoms with Gasteiger partial charge in [0, 0.05) is 19.6 Å². The fraction of sp³-hybridized carbons (Fsp3) is 0.600. The number of nitrogens with zero attached hydrogens (tertiary/aromatic N) is 1. The van der Waals surface area contributed by atoms with E-state index in [2.05, 4.69) is 11.6 Å². The summed E-state index contributed by atoms with van der Waals surface area (Å²) < 4.78 is 33.8. The SMILES string of the molecule is COc1ccc(CCNS(=O)(=O)N2CCC[C@@H](C)C2)cc1. The van der Waals surface area contributed by atoms with Crippen LogP contribution in [0.1, 0.15) is 25.3 Å². The van der Waals surface area contributed by atoms with Crippen LogP contribution in [0.3, 0.4) is 0 Å². The Morgan fingerprint density at radius 1 is 1.33 bits per heavy atom. The molecule has 0 radical (unpaired) electrons. The second-order valence-corrected chi connectivity index (χ2v) is 7.36. The van der Waals surface area contributed by atoms with Crippen LogP contribution in [0.25, 0.3) is 0 Å². The van der Waals surface area contributed by atoms with Crippen molar-refractivity contribution in [2.24, 2.45) is 5.92 Å². The van der Waals surface area contributed by atoms with Crippen LogP contribution in [0, 0.1) is 5.92 Å². The molecule has 0 spiro atoms. The molecule has 6 heteroatoms. The molecule has 0 amide bonds. The van der Waals surface area contributed by atoms with Crippen LogP contribution in [0.4, 0.5) is 0 Å². The van der Waals surface area contributed by atoms with Gasteiger partial charge in [0.05, 0.1) is 7.11 Å². The highest BCUT2D eigenvalue weighted by atomic mass is 32.2. The number of benzene rings is 1. The van der Waals surface area contributed by atoms with Crippen molar-refractivity contribution in [1.29, 1.82) is 0 Å². The Morgan fingerprint density at radius 3 is 2.67 bits per heavy atom. The van der Waals surface area contributed by atoms with E-state index in [0.717, 1.165) is 24.2 Å². The fourth-order valence-electron chi connectivity index (χ4n) is 2.57. The highest BCUT2D eigenvalue weighted by Crippen LogP contribution is 2.17. The van der Waals surface area contributed by atoms with Crippen LogP contribution >= 0.6 is 0 Å². The van der Waals surface area contributed by atoms with Crippen molar-refractivity contribution in [2.45, 2.75) is 26.2 Å². The topological polar surface area (TPSA) is 58.6 Å². The van der Waals surface area contributed by atoms with Crippen molar-refractivity contribution in [3.05, 3.63) is 29.8 Å². The van der Waals surface area contributed by atoms with Gasteiger partial charge in [-0.3, -0.25) is 0 Å². The molecule has 1 atom stereocenters. The summed E-state index contributed by atoms with van der Waals surface area (Å²) in [6.45, 7) is 3.76. The fourth-order valence-corrected chi connectivity index (χ4v) is 3.94. The lowest BCUT2D eigenvalue weighted by Gasteiger charge is -2.29. The molecular weight excluding hydrogens is 288 g/mol. The average Bonchev–Trinajstić information content (AvgIpc) is 2.48. The summed E-state index contributed by atoms with van der Waals surface area (Å²) in [5, 5.41) is 0. The Hall–Kier alpha value is -1.11. The first-order chi connectivity index (χ1) is 10.0. The minimum Gasteiger partial charge on any atom is -0.497 e. The van der Waals surface area contributed by atoms with Crippen LogP contribution in [0.5, 0.6) is 5.75 Å². The maximum absolute atomic E-state index is 12.2. The van der Waals surface area contributed by atoms with Crippen LogP contribution in [0.15, 0.2) is 24.3 Å². The van der Waals surface area contributed by atoms with Gasteiger partial charge in [-0.15, -0.1) is 0 Å². The third-order valence-electron chi connectivity index (χ3n) is 3.82. The van der Waals surface area contributed by atoms with Gasteiger partial charge in [-0.05, 0) is 42.9 Å². The normalized spacial score (nSPS) is 20.4. The second-order valence-electron chi connectivity index (χ2n) is 5.60. The monoisotopic (exact) mass is 312 g/mol. The van der Waals surface area contributed by atoms with Crippen molar-refractivity contribution < 1.29 is 13.2 Å². The Balaban J connectivity index is 1.83. The number of hydrogen-bond donors (Lipinski definition) is 1. The van der Waals surface area contributed by atoms with E-state index in [9.17, 15) is 8.42 Å². The van der Waals surface area contributed by atoms with Gasteiger partial charge in [-0.2, -0.15) is 12.7 Å². The number of nitrogens with one attached hydrogen (secondary N) is 1. The van der Waals surface area contributed by atoms with Crippen molar-refractivity contribution in [2.75, 3.05) is 26.7 Å². The zero-order chi connectivity index (χ0) is 15.3. The molecular formula is C15H24N2O3S. The Kier molecular flexibility index (Phi) is 5.61. The van der Waals surface area contributed by atoms with Crippen molar-refractivity contribution in [3.8, 4) is 5.75 Å². The van der Waals surface area contributed by atoms with E-state index in [1.165, 1.54) is 0 Å². The van der Waals surface area contributed by atoms with Gasteiger partial charge in [0.25, 0.3) is 10.2 Å². The van der Waals surface area contributed by atoms with E-state index in [1.54, 1.807) is 11.4 Å². The van der Waals surface area contributed by atoms with Gasteiger partial charge in [0.15, 0.2) is 0 Å². The first-order valence-corrected chi connectivity index (χ1v) is 8.83. The van der Waals surface area contributed by atoms with Gasteiger partial charge < -0.3 is 4.74 Å². The third-order valence-corrected chi connectivity index (χ3v) is 5.40. The highest BCUT2D eigenvalue weighted by molar-refractivity contribution is 7.87. The minimum absolute atomic E-state index is 0.416. The first kappa shape index (κ1) is 16.3. The zero-order valence-electron chi connectivity index (χ0n) is 12.7. The predicted octanol–water partition coefficient (Wildman–Crippen LogP) is 1.80. The summed E-state index contributed by atoms with van der Waals surface area (Å²) in [7, 11) is -1.71.